The van der Waals surface area contributed by atoms with E-state index in [1.807, 2.05) is 0 Å². The highest BCUT2D eigenvalue weighted by Crippen LogP contribution is 2.19. The lowest BCUT2D eigenvalue weighted by atomic mass is 10.1. The van der Waals surface area contributed by atoms with Crippen molar-refractivity contribution in [3.63, 3.8) is 0 Å². The van der Waals surface area contributed by atoms with Crippen LogP contribution in [0.5, 0.6) is 5.75 Å². The molecule has 4 N–H and O–H groups in total. The highest BCUT2D eigenvalue weighted by molar-refractivity contribution is 5.30. The third kappa shape index (κ3) is 2.17. The minimum Gasteiger partial charge on any atom is -0.497 e. The van der Waals surface area contributed by atoms with Gasteiger partial charge in [0, 0.05) is 24.2 Å². The number of methoxy groups -OCH3 is 1. The molecule has 0 bridgehead atoms. The van der Waals surface area contributed by atoms with E-state index in [1.54, 1.807) is 12.1 Å². The highest BCUT2D eigenvalue weighted by atomic mass is 19.1. The number of rotatable bonds is 3. The Labute approximate surface area is 76.5 Å². The molecule has 1 atom stereocenters. The van der Waals surface area contributed by atoms with Crippen LogP contribution in [0.25, 0.3) is 0 Å². The summed E-state index contributed by atoms with van der Waals surface area (Å²) in [4.78, 5) is 0. The topological polar surface area (TPSA) is 61.3 Å². The molecule has 1 unspecified atom stereocenters. The van der Waals surface area contributed by atoms with Gasteiger partial charge in [0.05, 0.1) is 7.11 Å². The van der Waals surface area contributed by atoms with Gasteiger partial charge in [-0.15, -0.1) is 0 Å². The lowest BCUT2D eigenvalue weighted by Gasteiger charge is -2.10. The first-order chi connectivity index (χ1) is 6.19. The van der Waals surface area contributed by atoms with Crippen LogP contribution in [0.15, 0.2) is 18.2 Å². The smallest absolute Gasteiger partial charge is 0.131 e. The van der Waals surface area contributed by atoms with Crippen molar-refractivity contribution in [2.24, 2.45) is 11.5 Å². The zero-order chi connectivity index (χ0) is 9.84. The molecule has 4 heteroatoms. The van der Waals surface area contributed by atoms with Gasteiger partial charge >= 0.3 is 0 Å². The number of nitrogens with two attached hydrogens (primary N) is 2. The van der Waals surface area contributed by atoms with Crippen molar-refractivity contribution in [2.45, 2.75) is 6.04 Å². The van der Waals surface area contributed by atoms with Crippen molar-refractivity contribution in [1.82, 2.24) is 0 Å². The maximum atomic E-state index is 13.3. The Balaban J connectivity index is 2.98. The van der Waals surface area contributed by atoms with Crippen LogP contribution in [-0.2, 0) is 0 Å². The Morgan fingerprint density at radius 2 is 2.23 bits per heavy atom. The first kappa shape index (κ1) is 9.95. The molecule has 0 saturated carbocycles. The summed E-state index contributed by atoms with van der Waals surface area (Å²) in [6.07, 6.45) is 0. The number of hydrogen-bond acceptors (Lipinski definition) is 3. The van der Waals surface area contributed by atoms with Gasteiger partial charge in [-0.1, -0.05) is 6.07 Å². The van der Waals surface area contributed by atoms with Crippen LogP contribution in [0, 0.1) is 5.82 Å². The molecule has 0 spiro atoms. The van der Waals surface area contributed by atoms with E-state index in [1.165, 1.54) is 13.2 Å². The second kappa shape index (κ2) is 4.20. The van der Waals surface area contributed by atoms with E-state index >= 15 is 0 Å². The van der Waals surface area contributed by atoms with Crippen molar-refractivity contribution in [2.75, 3.05) is 13.7 Å². The summed E-state index contributed by atoms with van der Waals surface area (Å²) < 4.78 is 18.1. The first-order valence-corrected chi connectivity index (χ1v) is 3.98. The molecule has 0 radical (unpaired) electrons. The third-order valence-electron chi connectivity index (χ3n) is 1.86. The molecule has 13 heavy (non-hydrogen) atoms. The second-order valence-corrected chi connectivity index (χ2v) is 2.73. The van der Waals surface area contributed by atoms with Crippen LogP contribution < -0.4 is 16.2 Å². The average Bonchev–Trinajstić information content (AvgIpc) is 2.16. The maximum Gasteiger partial charge on any atom is 0.131 e. The summed E-state index contributed by atoms with van der Waals surface area (Å²) in [6, 6.07) is 4.09. The second-order valence-electron chi connectivity index (χ2n) is 2.73. The lowest BCUT2D eigenvalue weighted by Crippen LogP contribution is -2.21. The molecule has 0 saturated heterocycles. The number of benzene rings is 1. The van der Waals surface area contributed by atoms with Crippen molar-refractivity contribution in [3.8, 4) is 5.75 Å². The quantitative estimate of drug-likeness (QED) is 0.730. The van der Waals surface area contributed by atoms with Crippen LogP contribution in [0.3, 0.4) is 0 Å². The average molecular weight is 184 g/mol. The fourth-order valence-electron chi connectivity index (χ4n) is 1.06. The molecule has 0 aliphatic heterocycles. The van der Waals surface area contributed by atoms with Crippen LogP contribution in [-0.4, -0.2) is 13.7 Å². The zero-order valence-corrected chi connectivity index (χ0v) is 7.46. The van der Waals surface area contributed by atoms with E-state index in [0.717, 1.165) is 0 Å². The molecule has 1 aromatic rings. The molecule has 1 aromatic carbocycles. The van der Waals surface area contributed by atoms with Gasteiger partial charge in [-0.05, 0) is 6.07 Å². The van der Waals surface area contributed by atoms with Crippen LogP contribution in [0.4, 0.5) is 4.39 Å². The van der Waals surface area contributed by atoms with E-state index in [4.69, 9.17) is 16.2 Å². The van der Waals surface area contributed by atoms with Gasteiger partial charge in [0.1, 0.15) is 11.6 Å². The third-order valence-corrected chi connectivity index (χ3v) is 1.86. The molecule has 0 aliphatic rings. The summed E-state index contributed by atoms with van der Waals surface area (Å²) in [5.41, 5.74) is 11.3. The van der Waals surface area contributed by atoms with E-state index in [-0.39, 0.29) is 12.4 Å². The number of ether oxygens (including phenoxy) is 1. The Bertz CT molecular complexity index is 291. The van der Waals surface area contributed by atoms with Crippen molar-refractivity contribution < 1.29 is 9.13 Å². The number of halogens is 1. The fraction of sp³-hybridized carbons (Fsp3) is 0.333. The predicted molar refractivity (Wildman–Crippen MR) is 48.9 cm³/mol. The van der Waals surface area contributed by atoms with Gasteiger partial charge in [0.25, 0.3) is 0 Å². The van der Waals surface area contributed by atoms with Crippen molar-refractivity contribution in [3.05, 3.63) is 29.6 Å². The molecule has 3 nitrogen and oxygen atoms in total. The Morgan fingerprint density at radius 3 is 2.69 bits per heavy atom. The van der Waals surface area contributed by atoms with Crippen LogP contribution >= 0.6 is 0 Å². The van der Waals surface area contributed by atoms with Crippen molar-refractivity contribution >= 4 is 0 Å². The Kier molecular flexibility index (Phi) is 3.22. The summed E-state index contributed by atoms with van der Waals surface area (Å²) in [6.45, 7) is 0.225. The number of hydrogen-bond donors (Lipinski definition) is 2. The van der Waals surface area contributed by atoms with Gasteiger partial charge in [-0.25, -0.2) is 4.39 Å². The van der Waals surface area contributed by atoms with Gasteiger partial charge in [0.2, 0.25) is 0 Å². The zero-order valence-electron chi connectivity index (χ0n) is 7.46. The van der Waals surface area contributed by atoms with Crippen molar-refractivity contribution in [1.29, 1.82) is 0 Å². The van der Waals surface area contributed by atoms with E-state index in [9.17, 15) is 4.39 Å². The first-order valence-electron chi connectivity index (χ1n) is 3.98. The minimum absolute atomic E-state index is 0.225. The van der Waals surface area contributed by atoms with Crippen LogP contribution in [0.1, 0.15) is 11.6 Å². The Hall–Kier alpha value is -1.13. The predicted octanol–water partition coefficient (Wildman–Crippen LogP) is 0.793. The maximum absolute atomic E-state index is 13.3. The molecule has 0 amide bonds. The monoisotopic (exact) mass is 184 g/mol. The summed E-state index contributed by atoms with van der Waals surface area (Å²) in [7, 11) is 1.48. The normalized spacial score (nSPS) is 12.6. The molecule has 0 aliphatic carbocycles. The van der Waals surface area contributed by atoms with E-state index in [2.05, 4.69) is 0 Å². The standard InChI is InChI=1S/C9H13FN2O/c1-13-6-2-3-7(8(10)4-6)9(12)5-11/h2-4,9H,5,11-12H2,1H3. The molecular formula is C9H13FN2O. The highest BCUT2D eigenvalue weighted by Gasteiger charge is 2.09. The summed E-state index contributed by atoms with van der Waals surface area (Å²) >= 11 is 0. The Morgan fingerprint density at radius 1 is 1.54 bits per heavy atom. The van der Waals surface area contributed by atoms with Gasteiger partial charge < -0.3 is 16.2 Å². The minimum atomic E-state index is -0.453. The fourth-order valence-corrected chi connectivity index (χ4v) is 1.06. The molecule has 1 rings (SSSR count). The molecule has 0 aromatic heterocycles. The molecule has 72 valence electrons. The lowest BCUT2D eigenvalue weighted by molar-refractivity contribution is 0.410. The molecule has 0 fully saturated rings. The van der Waals surface area contributed by atoms with Crippen LogP contribution in [0.2, 0.25) is 0 Å². The summed E-state index contributed by atoms with van der Waals surface area (Å²) in [5.74, 6) is 0.0998. The molecule has 0 heterocycles. The van der Waals surface area contributed by atoms with Gasteiger partial charge in [-0.3, -0.25) is 0 Å². The summed E-state index contributed by atoms with van der Waals surface area (Å²) in [5, 5.41) is 0. The van der Waals surface area contributed by atoms with E-state index in [0.29, 0.717) is 11.3 Å². The SMILES string of the molecule is COc1ccc(C(N)CN)c(F)c1. The van der Waals surface area contributed by atoms with E-state index < -0.39 is 6.04 Å². The molecular weight excluding hydrogens is 171 g/mol. The van der Waals surface area contributed by atoms with Gasteiger partial charge in [-0.2, -0.15) is 0 Å². The largest absolute Gasteiger partial charge is 0.497 e. The van der Waals surface area contributed by atoms with Gasteiger partial charge in [0.15, 0.2) is 0 Å².